The second kappa shape index (κ2) is 7.86. The van der Waals surface area contributed by atoms with Gasteiger partial charge in [-0.1, -0.05) is 56.3 Å². The minimum absolute atomic E-state index is 0.855. The SMILES string of the molecule is CCCC1CCC2CC(CCc3ccc(Cl)cc3)CCC2C1. The molecule has 0 heterocycles. The molecule has 0 saturated heterocycles. The lowest BCUT2D eigenvalue weighted by Crippen LogP contribution is -2.31. The molecule has 1 heteroatoms. The smallest absolute Gasteiger partial charge is 0.0406 e. The van der Waals surface area contributed by atoms with Gasteiger partial charge in [0.25, 0.3) is 0 Å². The summed E-state index contributed by atoms with van der Waals surface area (Å²) in [6, 6.07) is 8.46. The van der Waals surface area contributed by atoms with Gasteiger partial charge in [0.1, 0.15) is 0 Å². The Morgan fingerprint density at radius 3 is 2.05 bits per heavy atom. The van der Waals surface area contributed by atoms with Gasteiger partial charge in [0, 0.05) is 5.02 Å². The maximum atomic E-state index is 5.97. The number of hydrogen-bond donors (Lipinski definition) is 0. The van der Waals surface area contributed by atoms with E-state index in [0.29, 0.717) is 0 Å². The van der Waals surface area contributed by atoms with Gasteiger partial charge in [-0.15, -0.1) is 0 Å². The van der Waals surface area contributed by atoms with Crippen molar-refractivity contribution < 1.29 is 0 Å². The maximum absolute atomic E-state index is 5.97. The molecule has 4 unspecified atom stereocenters. The standard InChI is InChI=1S/C21H31Cl/c1-2-3-17-6-10-20-15-18(7-11-19(20)14-17)5-4-16-8-12-21(22)13-9-16/h8-9,12-13,17-20H,2-7,10-11,14-15H2,1H3. The third-order valence-corrected chi connectivity index (χ3v) is 6.53. The Kier molecular flexibility index (Phi) is 5.85. The molecule has 0 radical (unpaired) electrons. The Morgan fingerprint density at radius 1 is 0.864 bits per heavy atom. The zero-order chi connectivity index (χ0) is 15.4. The number of hydrogen-bond acceptors (Lipinski definition) is 0. The van der Waals surface area contributed by atoms with Crippen LogP contribution in [0.15, 0.2) is 24.3 Å². The zero-order valence-corrected chi connectivity index (χ0v) is 14.8. The van der Waals surface area contributed by atoms with Gasteiger partial charge in [-0.25, -0.2) is 0 Å². The van der Waals surface area contributed by atoms with Crippen LogP contribution in [0.25, 0.3) is 0 Å². The lowest BCUT2D eigenvalue weighted by Gasteiger charge is -2.42. The molecule has 0 N–H and O–H groups in total. The molecule has 2 aliphatic carbocycles. The van der Waals surface area contributed by atoms with Crippen LogP contribution in [0.2, 0.25) is 5.02 Å². The van der Waals surface area contributed by atoms with Crippen molar-refractivity contribution in [1.29, 1.82) is 0 Å². The second-order valence-corrected chi connectivity index (χ2v) is 8.27. The number of benzene rings is 1. The molecule has 2 fully saturated rings. The Morgan fingerprint density at radius 2 is 1.45 bits per heavy atom. The lowest BCUT2D eigenvalue weighted by molar-refractivity contribution is 0.0921. The van der Waals surface area contributed by atoms with Gasteiger partial charge >= 0.3 is 0 Å². The summed E-state index contributed by atoms with van der Waals surface area (Å²) < 4.78 is 0. The average molecular weight is 319 g/mol. The molecule has 2 saturated carbocycles. The summed E-state index contributed by atoms with van der Waals surface area (Å²) >= 11 is 5.97. The van der Waals surface area contributed by atoms with Crippen molar-refractivity contribution in [1.82, 2.24) is 0 Å². The molecule has 4 atom stereocenters. The van der Waals surface area contributed by atoms with Gasteiger partial charge in [-0.05, 0) is 79.9 Å². The summed E-state index contributed by atoms with van der Waals surface area (Å²) in [6.07, 6.45) is 14.5. The monoisotopic (exact) mass is 318 g/mol. The highest BCUT2D eigenvalue weighted by Gasteiger charge is 2.34. The summed E-state index contributed by atoms with van der Waals surface area (Å²) in [4.78, 5) is 0. The topological polar surface area (TPSA) is 0 Å². The van der Waals surface area contributed by atoms with Crippen molar-refractivity contribution in [2.75, 3.05) is 0 Å². The zero-order valence-electron chi connectivity index (χ0n) is 14.1. The first kappa shape index (κ1) is 16.4. The van der Waals surface area contributed by atoms with Gasteiger partial charge < -0.3 is 0 Å². The molecule has 0 spiro atoms. The fourth-order valence-electron chi connectivity index (χ4n) is 5.04. The summed E-state index contributed by atoms with van der Waals surface area (Å²) in [5, 5.41) is 0.855. The van der Waals surface area contributed by atoms with Crippen molar-refractivity contribution in [2.45, 2.75) is 71.1 Å². The van der Waals surface area contributed by atoms with Crippen LogP contribution >= 0.6 is 11.6 Å². The highest BCUT2D eigenvalue weighted by atomic mass is 35.5. The average Bonchev–Trinajstić information content (AvgIpc) is 2.54. The molecule has 2 aliphatic rings. The van der Waals surface area contributed by atoms with Crippen molar-refractivity contribution in [3.8, 4) is 0 Å². The van der Waals surface area contributed by atoms with Crippen LogP contribution in [0.4, 0.5) is 0 Å². The van der Waals surface area contributed by atoms with E-state index in [-0.39, 0.29) is 0 Å². The Bertz CT molecular complexity index is 449. The van der Waals surface area contributed by atoms with Gasteiger partial charge in [-0.3, -0.25) is 0 Å². The Balaban J connectivity index is 1.45. The van der Waals surface area contributed by atoms with E-state index in [1.807, 2.05) is 12.1 Å². The third kappa shape index (κ3) is 4.28. The Hall–Kier alpha value is -0.490. The van der Waals surface area contributed by atoms with E-state index in [2.05, 4.69) is 19.1 Å². The van der Waals surface area contributed by atoms with Crippen LogP contribution in [0.3, 0.4) is 0 Å². The molecule has 122 valence electrons. The van der Waals surface area contributed by atoms with E-state index in [0.717, 1.165) is 28.7 Å². The first-order valence-electron chi connectivity index (χ1n) is 9.49. The fraction of sp³-hybridized carbons (Fsp3) is 0.714. The molecule has 0 bridgehead atoms. The predicted molar refractivity (Wildman–Crippen MR) is 96.3 cm³/mol. The van der Waals surface area contributed by atoms with E-state index >= 15 is 0 Å². The third-order valence-electron chi connectivity index (χ3n) is 6.28. The van der Waals surface area contributed by atoms with Crippen LogP contribution in [0, 0.1) is 23.7 Å². The molecule has 0 aromatic heterocycles. The maximum Gasteiger partial charge on any atom is 0.0406 e. The number of halogens is 1. The van der Waals surface area contributed by atoms with Gasteiger partial charge in [0.2, 0.25) is 0 Å². The van der Waals surface area contributed by atoms with Crippen LogP contribution < -0.4 is 0 Å². The van der Waals surface area contributed by atoms with Gasteiger partial charge in [0.15, 0.2) is 0 Å². The summed E-state index contributed by atoms with van der Waals surface area (Å²) in [5.41, 5.74) is 1.46. The summed E-state index contributed by atoms with van der Waals surface area (Å²) in [7, 11) is 0. The molecule has 0 nitrogen and oxygen atoms in total. The predicted octanol–water partition coefficient (Wildman–Crippen LogP) is 6.91. The molecular weight excluding hydrogens is 288 g/mol. The van der Waals surface area contributed by atoms with Crippen LogP contribution in [0.5, 0.6) is 0 Å². The summed E-state index contributed by atoms with van der Waals surface area (Å²) in [5.74, 6) is 4.14. The van der Waals surface area contributed by atoms with E-state index in [9.17, 15) is 0 Å². The van der Waals surface area contributed by atoms with E-state index in [1.54, 1.807) is 6.42 Å². The first-order valence-corrected chi connectivity index (χ1v) is 9.86. The van der Waals surface area contributed by atoms with Crippen molar-refractivity contribution in [2.24, 2.45) is 23.7 Å². The van der Waals surface area contributed by atoms with Gasteiger partial charge in [-0.2, -0.15) is 0 Å². The molecule has 1 aromatic carbocycles. The second-order valence-electron chi connectivity index (χ2n) is 7.83. The highest BCUT2D eigenvalue weighted by Crippen LogP contribution is 2.46. The van der Waals surface area contributed by atoms with Gasteiger partial charge in [0.05, 0.1) is 0 Å². The quantitative estimate of drug-likeness (QED) is 0.553. The minimum Gasteiger partial charge on any atom is -0.0843 e. The van der Waals surface area contributed by atoms with Crippen LogP contribution in [0.1, 0.15) is 70.3 Å². The van der Waals surface area contributed by atoms with E-state index in [1.165, 1.54) is 63.4 Å². The highest BCUT2D eigenvalue weighted by molar-refractivity contribution is 6.30. The summed E-state index contributed by atoms with van der Waals surface area (Å²) in [6.45, 7) is 2.35. The fourth-order valence-corrected chi connectivity index (χ4v) is 5.16. The molecule has 1 aromatic rings. The van der Waals surface area contributed by atoms with Crippen LogP contribution in [-0.2, 0) is 6.42 Å². The molecule has 0 aliphatic heterocycles. The largest absolute Gasteiger partial charge is 0.0843 e. The number of fused-ring (bicyclic) bond motifs is 1. The normalized spacial score (nSPS) is 31.7. The Labute approximate surface area is 141 Å². The molecular formula is C21H31Cl. The molecule has 22 heavy (non-hydrogen) atoms. The number of aryl methyl sites for hydroxylation is 1. The van der Waals surface area contributed by atoms with Crippen molar-refractivity contribution >= 4 is 11.6 Å². The van der Waals surface area contributed by atoms with Crippen molar-refractivity contribution in [3.05, 3.63) is 34.9 Å². The molecule has 0 amide bonds. The molecule has 3 rings (SSSR count). The van der Waals surface area contributed by atoms with E-state index in [4.69, 9.17) is 11.6 Å². The van der Waals surface area contributed by atoms with E-state index < -0.39 is 0 Å². The lowest BCUT2D eigenvalue weighted by atomic mass is 9.63. The number of rotatable bonds is 5. The van der Waals surface area contributed by atoms with Crippen molar-refractivity contribution in [3.63, 3.8) is 0 Å². The minimum atomic E-state index is 0.855. The van der Waals surface area contributed by atoms with Crippen LogP contribution in [-0.4, -0.2) is 0 Å². The first-order chi connectivity index (χ1) is 10.7.